The summed E-state index contributed by atoms with van der Waals surface area (Å²) in [6.07, 6.45) is 1.53. The van der Waals surface area contributed by atoms with E-state index in [0.29, 0.717) is 0 Å². The Kier molecular flexibility index (Phi) is 3.76. The summed E-state index contributed by atoms with van der Waals surface area (Å²) >= 11 is 2.19. The summed E-state index contributed by atoms with van der Waals surface area (Å²) in [5.74, 6) is -0.572. The van der Waals surface area contributed by atoms with Crippen LogP contribution in [0, 0.1) is 14.9 Å². The average molecular weight is 367 g/mol. The van der Waals surface area contributed by atoms with Crippen LogP contribution in [-0.2, 0) is 4.74 Å². The Morgan fingerprint density at radius 3 is 2.58 bits per heavy atom. The van der Waals surface area contributed by atoms with Gasteiger partial charge in [-0.05, 0) is 46.9 Å². The molecule has 0 bridgehead atoms. The Hall–Kier alpha value is -2.01. The zero-order valence-electron chi connectivity index (χ0n) is 10.1. The van der Waals surface area contributed by atoms with Crippen molar-refractivity contribution in [2.75, 3.05) is 12.8 Å². The molecule has 0 unspecified atom stereocenters. The fourth-order valence-electron chi connectivity index (χ4n) is 1.72. The molecule has 2 N–H and O–H groups in total. The number of rotatable bonds is 2. The van der Waals surface area contributed by atoms with Gasteiger partial charge in [0, 0.05) is 15.5 Å². The van der Waals surface area contributed by atoms with Gasteiger partial charge in [-0.1, -0.05) is 0 Å². The number of hydrogen-bond donors (Lipinski definition) is 1. The first-order chi connectivity index (χ1) is 9.08. The van der Waals surface area contributed by atoms with E-state index < -0.39 is 5.97 Å². The van der Waals surface area contributed by atoms with Gasteiger partial charge in [0.15, 0.2) is 5.69 Å². The van der Waals surface area contributed by atoms with Crippen LogP contribution in [0.2, 0.25) is 0 Å². The predicted octanol–water partition coefficient (Wildman–Crippen LogP) is 2.32. The van der Waals surface area contributed by atoms with Crippen LogP contribution in [0.1, 0.15) is 16.1 Å². The number of ether oxygens (including phenoxy) is 1. The maximum Gasteiger partial charge on any atom is 0.357 e. The summed E-state index contributed by atoms with van der Waals surface area (Å²) in [5, 5.41) is 9.01. The number of nitrogens with zero attached hydrogens (tertiary/aromatic N) is 2. The molecule has 5 nitrogen and oxygen atoms in total. The highest BCUT2D eigenvalue weighted by Crippen LogP contribution is 2.24. The predicted molar refractivity (Wildman–Crippen MR) is 79.0 cm³/mol. The number of hydrogen-bond acceptors (Lipinski definition) is 4. The van der Waals surface area contributed by atoms with Crippen LogP contribution < -0.4 is 5.73 Å². The molecule has 0 aliphatic rings. The van der Waals surface area contributed by atoms with Crippen molar-refractivity contribution in [3.63, 3.8) is 0 Å². The fraction of sp³-hybridized carbons (Fsp3) is 0.0769. The first-order valence-electron chi connectivity index (χ1n) is 5.33. The van der Waals surface area contributed by atoms with Gasteiger partial charge in [0.1, 0.15) is 6.07 Å². The second-order valence-corrected chi connectivity index (χ2v) is 5.00. The summed E-state index contributed by atoms with van der Waals surface area (Å²) in [6.45, 7) is 0. The molecule has 0 aliphatic carbocycles. The highest BCUT2D eigenvalue weighted by atomic mass is 127. The minimum absolute atomic E-state index is 0.132. The number of methoxy groups -OCH3 is 1. The minimum atomic E-state index is -0.572. The molecule has 0 aliphatic heterocycles. The molecule has 0 amide bonds. The van der Waals surface area contributed by atoms with Crippen LogP contribution in [0.15, 0.2) is 30.5 Å². The molecular formula is C13H10IN3O2. The van der Waals surface area contributed by atoms with E-state index in [1.807, 2.05) is 30.3 Å². The molecule has 0 saturated heterocycles. The molecule has 0 spiro atoms. The van der Waals surface area contributed by atoms with Gasteiger partial charge >= 0.3 is 5.97 Å². The molecule has 0 saturated carbocycles. The first-order valence-corrected chi connectivity index (χ1v) is 6.41. The van der Waals surface area contributed by atoms with Crippen molar-refractivity contribution in [2.45, 2.75) is 0 Å². The average Bonchev–Trinajstić information content (AvgIpc) is 2.75. The summed E-state index contributed by atoms with van der Waals surface area (Å²) in [5.41, 5.74) is 7.11. The first kappa shape index (κ1) is 13.4. The second-order valence-electron chi connectivity index (χ2n) is 3.75. The van der Waals surface area contributed by atoms with Crippen molar-refractivity contribution in [3.8, 4) is 11.8 Å². The van der Waals surface area contributed by atoms with Gasteiger partial charge in [0.05, 0.1) is 18.4 Å². The Morgan fingerprint density at radius 2 is 2.05 bits per heavy atom. The van der Waals surface area contributed by atoms with Crippen molar-refractivity contribution < 1.29 is 9.53 Å². The van der Waals surface area contributed by atoms with E-state index in [4.69, 9.17) is 15.7 Å². The SMILES string of the molecule is COC(=O)c1c(N)c(C#N)cn1-c1ccc(I)cc1. The quantitative estimate of drug-likeness (QED) is 0.653. The zero-order chi connectivity index (χ0) is 14.0. The zero-order valence-corrected chi connectivity index (χ0v) is 12.2. The van der Waals surface area contributed by atoms with Gasteiger partial charge < -0.3 is 15.0 Å². The van der Waals surface area contributed by atoms with Crippen molar-refractivity contribution in [2.24, 2.45) is 0 Å². The van der Waals surface area contributed by atoms with Crippen LogP contribution >= 0.6 is 22.6 Å². The van der Waals surface area contributed by atoms with Gasteiger partial charge in [-0.15, -0.1) is 0 Å². The monoisotopic (exact) mass is 367 g/mol. The van der Waals surface area contributed by atoms with Gasteiger partial charge in [-0.3, -0.25) is 0 Å². The number of nitrogen functional groups attached to an aromatic ring is 1. The number of halogens is 1. The molecule has 0 atom stereocenters. The third-order valence-corrected chi connectivity index (χ3v) is 3.37. The largest absolute Gasteiger partial charge is 0.464 e. The van der Waals surface area contributed by atoms with Crippen LogP contribution in [0.3, 0.4) is 0 Å². The molecule has 0 fully saturated rings. The van der Waals surface area contributed by atoms with Crippen molar-refractivity contribution in [3.05, 3.63) is 45.3 Å². The lowest BCUT2D eigenvalue weighted by Crippen LogP contribution is -2.11. The van der Waals surface area contributed by atoms with Crippen LogP contribution in [-0.4, -0.2) is 17.6 Å². The lowest BCUT2D eigenvalue weighted by atomic mass is 10.2. The molecule has 1 aromatic carbocycles. The normalized spacial score (nSPS) is 9.95. The molecule has 1 aromatic heterocycles. The number of nitrogens with two attached hydrogens (primary N) is 1. The highest BCUT2D eigenvalue weighted by Gasteiger charge is 2.21. The topological polar surface area (TPSA) is 81.0 Å². The van der Waals surface area contributed by atoms with E-state index in [2.05, 4.69) is 22.6 Å². The lowest BCUT2D eigenvalue weighted by molar-refractivity contribution is 0.0593. The molecule has 1 heterocycles. The molecule has 19 heavy (non-hydrogen) atoms. The minimum Gasteiger partial charge on any atom is -0.464 e. The van der Waals surface area contributed by atoms with E-state index in [0.717, 1.165) is 9.26 Å². The van der Waals surface area contributed by atoms with Crippen LogP contribution in [0.4, 0.5) is 5.69 Å². The van der Waals surface area contributed by atoms with Gasteiger partial charge in [0.2, 0.25) is 0 Å². The van der Waals surface area contributed by atoms with E-state index >= 15 is 0 Å². The van der Waals surface area contributed by atoms with Crippen molar-refractivity contribution in [1.29, 1.82) is 5.26 Å². The third kappa shape index (κ3) is 2.42. The standard InChI is InChI=1S/C13H10IN3O2/c1-19-13(18)12-11(16)8(6-15)7-17(12)10-4-2-9(14)3-5-10/h2-5,7H,16H2,1H3. The van der Waals surface area contributed by atoms with E-state index in [9.17, 15) is 4.79 Å². The lowest BCUT2D eigenvalue weighted by Gasteiger charge is -2.08. The highest BCUT2D eigenvalue weighted by molar-refractivity contribution is 14.1. The van der Waals surface area contributed by atoms with E-state index in [-0.39, 0.29) is 16.9 Å². The van der Waals surface area contributed by atoms with Crippen LogP contribution in [0.5, 0.6) is 0 Å². The van der Waals surface area contributed by atoms with Gasteiger partial charge in [-0.25, -0.2) is 4.79 Å². The number of esters is 1. The molecular weight excluding hydrogens is 357 g/mol. The molecule has 0 radical (unpaired) electrons. The van der Waals surface area contributed by atoms with E-state index in [1.54, 1.807) is 4.57 Å². The number of aromatic nitrogens is 1. The number of carbonyl (C=O) groups is 1. The number of benzene rings is 1. The Bertz CT molecular complexity index is 668. The molecule has 6 heteroatoms. The third-order valence-electron chi connectivity index (χ3n) is 2.65. The fourth-order valence-corrected chi connectivity index (χ4v) is 2.08. The van der Waals surface area contributed by atoms with Gasteiger partial charge in [-0.2, -0.15) is 5.26 Å². The molecule has 2 aromatic rings. The number of carbonyl (C=O) groups excluding carboxylic acids is 1. The smallest absolute Gasteiger partial charge is 0.357 e. The van der Waals surface area contributed by atoms with Crippen molar-refractivity contribution in [1.82, 2.24) is 4.57 Å². The maximum absolute atomic E-state index is 11.8. The number of anilines is 1. The maximum atomic E-state index is 11.8. The summed E-state index contributed by atoms with van der Waals surface area (Å²) in [4.78, 5) is 11.8. The summed E-state index contributed by atoms with van der Waals surface area (Å²) in [7, 11) is 1.28. The Labute approximate surface area is 123 Å². The molecule has 96 valence electrons. The van der Waals surface area contributed by atoms with Gasteiger partial charge in [0.25, 0.3) is 0 Å². The van der Waals surface area contributed by atoms with E-state index in [1.165, 1.54) is 13.3 Å². The molecule has 2 rings (SSSR count). The summed E-state index contributed by atoms with van der Waals surface area (Å²) < 4.78 is 7.35. The van der Waals surface area contributed by atoms with Crippen molar-refractivity contribution >= 4 is 34.2 Å². The Morgan fingerprint density at radius 1 is 1.42 bits per heavy atom. The Balaban J connectivity index is 2.66. The number of nitriles is 1. The summed E-state index contributed by atoms with van der Waals surface area (Å²) in [6, 6.07) is 9.45. The van der Waals surface area contributed by atoms with Crippen LogP contribution in [0.25, 0.3) is 5.69 Å². The second kappa shape index (κ2) is 5.32.